The molecule has 0 aliphatic heterocycles. The molecule has 0 aromatic carbocycles. The molecule has 0 aliphatic rings. The van der Waals surface area contributed by atoms with Gasteiger partial charge in [0.25, 0.3) is 0 Å². The first-order valence-electron chi connectivity index (χ1n) is 3.71. The van der Waals surface area contributed by atoms with Crippen molar-refractivity contribution in [3.05, 3.63) is 0 Å². The third-order valence-electron chi connectivity index (χ3n) is 1.43. The lowest BCUT2D eigenvalue weighted by Crippen LogP contribution is -2.27. The monoisotopic (exact) mass is 163 g/mol. The van der Waals surface area contributed by atoms with Crippen LogP contribution in [-0.2, 0) is 10.8 Å². The molecule has 0 bridgehead atoms. The van der Waals surface area contributed by atoms with Gasteiger partial charge in [0.15, 0.2) is 0 Å². The Labute approximate surface area is 65.9 Å². The molecule has 0 aromatic heterocycles. The third kappa shape index (κ3) is 4.94. The fourth-order valence-electron chi connectivity index (χ4n) is 0.599. The van der Waals surface area contributed by atoms with Gasteiger partial charge in [-0.3, -0.25) is 4.21 Å². The summed E-state index contributed by atoms with van der Waals surface area (Å²) >= 11 is 0. The van der Waals surface area contributed by atoms with E-state index in [0.717, 1.165) is 19.5 Å². The van der Waals surface area contributed by atoms with Crippen LogP contribution in [0.15, 0.2) is 0 Å². The molecule has 0 spiro atoms. The molecule has 0 rings (SSSR count). The average molecular weight is 163 g/mol. The summed E-state index contributed by atoms with van der Waals surface area (Å²) in [6.45, 7) is 6.03. The van der Waals surface area contributed by atoms with Crippen LogP contribution in [0.25, 0.3) is 0 Å². The van der Waals surface area contributed by atoms with Gasteiger partial charge in [-0.15, -0.1) is 0 Å². The Morgan fingerprint density at radius 1 is 1.60 bits per heavy atom. The lowest BCUT2D eigenvalue weighted by Gasteiger charge is -2.07. The Morgan fingerprint density at radius 3 is 2.60 bits per heavy atom. The van der Waals surface area contributed by atoms with Gasteiger partial charge >= 0.3 is 0 Å². The highest BCUT2D eigenvalue weighted by atomic mass is 32.2. The van der Waals surface area contributed by atoms with Crippen molar-refractivity contribution in [3.63, 3.8) is 0 Å². The SMILES string of the molecule is CCCNCC(C)S(C)=O. The zero-order valence-corrected chi connectivity index (χ0v) is 7.83. The first-order chi connectivity index (χ1) is 4.68. The summed E-state index contributed by atoms with van der Waals surface area (Å²) in [4.78, 5) is 0. The molecule has 0 fully saturated rings. The Hall–Kier alpha value is 0.110. The second kappa shape index (κ2) is 5.86. The van der Waals surface area contributed by atoms with Gasteiger partial charge in [-0.05, 0) is 19.9 Å². The van der Waals surface area contributed by atoms with Crippen LogP contribution < -0.4 is 5.32 Å². The first-order valence-corrected chi connectivity index (χ1v) is 5.33. The Morgan fingerprint density at radius 2 is 2.20 bits per heavy atom. The highest BCUT2D eigenvalue weighted by Gasteiger charge is 2.03. The molecular formula is C7H17NOS. The average Bonchev–Trinajstić information content (AvgIpc) is 1.88. The van der Waals surface area contributed by atoms with Crippen molar-refractivity contribution in [1.82, 2.24) is 5.32 Å². The lowest BCUT2D eigenvalue weighted by atomic mass is 10.4. The van der Waals surface area contributed by atoms with Crippen molar-refractivity contribution in [3.8, 4) is 0 Å². The normalized spacial score (nSPS) is 16.7. The smallest absolute Gasteiger partial charge is 0.0441 e. The zero-order chi connectivity index (χ0) is 7.98. The topological polar surface area (TPSA) is 29.1 Å². The molecule has 3 heteroatoms. The molecule has 0 saturated heterocycles. The predicted octanol–water partition coefficient (Wildman–Crippen LogP) is 0.753. The van der Waals surface area contributed by atoms with E-state index in [4.69, 9.17) is 0 Å². The largest absolute Gasteiger partial charge is 0.316 e. The molecule has 2 atom stereocenters. The van der Waals surface area contributed by atoms with Crippen LogP contribution in [0.2, 0.25) is 0 Å². The van der Waals surface area contributed by atoms with Gasteiger partial charge in [-0.25, -0.2) is 0 Å². The van der Waals surface area contributed by atoms with Crippen LogP contribution in [0.5, 0.6) is 0 Å². The minimum absolute atomic E-state index is 0.284. The van der Waals surface area contributed by atoms with Crippen molar-refractivity contribution in [2.45, 2.75) is 25.5 Å². The Kier molecular flexibility index (Phi) is 5.93. The second-order valence-corrected chi connectivity index (χ2v) is 4.32. The van der Waals surface area contributed by atoms with Crippen LogP contribution in [0.1, 0.15) is 20.3 Å². The molecule has 0 amide bonds. The van der Waals surface area contributed by atoms with Gasteiger partial charge in [0.2, 0.25) is 0 Å². The molecule has 10 heavy (non-hydrogen) atoms. The number of hydrogen-bond acceptors (Lipinski definition) is 2. The van der Waals surface area contributed by atoms with Crippen molar-refractivity contribution >= 4 is 10.8 Å². The van der Waals surface area contributed by atoms with E-state index < -0.39 is 10.8 Å². The van der Waals surface area contributed by atoms with Gasteiger partial charge in [0.1, 0.15) is 0 Å². The van der Waals surface area contributed by atoms with E-state index in [2.05, 4.69) is 12.2 Å². The van der Waals surface area contributed by atoms with E-state index in [1.54, 1.807) is 6.26 Å². The molecule has 0 aliphatic carbocycles. The fourth-order valence-corrected chi connectivity index (χ4v) is 0.952. The standard InChI is InChI=1S/C7H17NOS/c1-4-5-8-6-7(2)10(3)9/h7-8H,4-6H2,1-3H3. The molecule has 62 valence electrons. The fraction of sp³-hybridized carbons (Fsp3) is 1.00. The van der Waals surface area contributed by atoms with E-state index >= 15 is 0 Å². The summed E-state index contributed by atoms with van der Waals surface area (Å²) in [6.07, 6.45) is 2.89. The third-order valence-corrected chi connectivity index (χ3v) is 2.73. The van der Waals surface area contributed by atoms with Crippen molar-refractivity contribution in [1.29, 1.82) is 0 Å². The second-order valence-electron chi connectivity index (χ2n) is 2.51. The van der Waals surface area contributed by atoms with Crippen LogP contribution in [0, 0.1) is 0 Å². The van der Waals surface area contributed by atoms with E-state index in [1.165, 1.54) is 0 Å². The minimum atomic E-state index is -0.676. The quantitative estimate of drug-likeness (QED) is 0.606. The van der Waals surface area contributed by atoms with Gasteiger partial charge in [-0.2, -0.15) is 0 Å². The molecule has 2 unspecified atom stereocenters. The van der Waals surface area contributed by atoms with Crippen LogP contribution in [-0.4, -0.2) is 28.8 Å². The highest BCUT2D eigenvalue weighted by Crippen LogP contribution is 1.88. The van der Waals surface area contributed by atoms with E-state index in [0.29, 0.717) is 0 Å². The molecular weight excluding hydrogens is 146 g/mol. The minimum Gasteiger partial charge on any atom is -0.316 e. The summed E-state index contributed by atoms with van der Waals surface area (Å²) in [7, 11) is -0.676. The van der Waals surface area contributed by atoms with Gasteiger partial charge in [0, 0.05) is 28.9 Å². The van der Waals surface area contributed by atoms with Crippen molar-refractivity contribution < 1.29 is 4.21 Å². The summed E-state index contributed by atoms with van der Waals surface area (Å²) in [5, 5.41) is 3.51. The van der Waals surface area contributed by atoms with Gasteiger partial charge < -0.3 is 5.32 Å². The van der Waals surface area contributed by atoms with E-state index in [-0.39, 0.29) is 5.25 Å². The molecule has 0 heterocycles. The molecule has 0 radical (unpaired) electrons. The van der Waals surface area contributed by atoms with Gasteiger partial charge in [0.05, 0.1) is 0 Å². The molecule has 2 nitrogen and oxygen atoms in total. The Balaban J connectivity index is 3.21. The number of nitrogens with one attached hydrogen (secondary N) is 1. The lowest BCUT2D eigenvalue weighted by molar-refractivity contribution is 0.641. The Bertz CT molecular complexity index is 106. The van der Waals surface area contributed by atoms with E-state index in [1.807, 2.05) is 6.92 Å². The van der Waals surface area contributed by atoms with E-state index in [9.17, 15) is 4.21 Å². The molecule has 1 N–H and O–H groups in total. The molecule has 0 saturated carbocycles. The maximum Gasteiger partial charge on any atom is 0.0441 e. The number of rotatable bonds is 5. The maximum atomic E-state index is 10.8. The molecule has 0 aromatic rings. The predicted molar refractivity (Wildman–Crippen MR) is 46.7 cm³/mol. The van der Waals surface area contributed by atoms with Crippen molar-refractivity contribution in [2.24, 2.45) is 0 Å². The summed E-state index contributed by atoms with van der Waals surface area (Å²) in [5.41, 5.74) is 0. The highest BCUT2D eigenvalue weighted by molar-refractivity contribution is 7.84. The zero-order valence-electron chi connectivity index (χ0n) is 7.02. The maximum absolute atomic E-state index is 10.8. The van der Waals surface area contributed by atoms with Crippen LogP contribution in [0.3, 0.4) is 0 Å². The summed E-state index contributed by atoms with van der Waals surface area (Å²) in [5.74, 6) is 0. The van der Waals surface area contributed by atoms with Crippen LogP contribution in [0.4, 0.5) is 0 Å². The van der Waals surface area contributed by atoms with Crippen molar-refractivity contribution in [2.75, 3.05) is 19.3 Å². The first kappa shape index (κ1) is 10.1. The summed E-state index contributed by atoms with van der Waals surface area (Å²) in [6, 6.07) is 0. The summed E-state index contributed by atoms with van der Waals surface area (Å²) < 4.78 is 10.8. The number of hydrogen-bond donors (Lipinski definition) is 1. The van der Waals surface area contributed by atoms with Gasteiger partial charge in [-0.1, -0.05) is 6.92 Å². The van der Waals surface area contributed by atoms with Crippen LogP contribution >= 0.6 is 0 Å².